The maximum absolute atomic E-state index is 14.5. The van der Waals surface area contributed by atoms with Crippen LogP contribution in [0.3, 0.4) is 0 Å². The van der Waals surface area contributed by atoms with E-state index in [2.05, 4.69) is 69.1 Å². The van der Waals surface area contributed by atoms with Crippen LogP contribution in [0.4, 0.5) is 0 Å². The zero-order valence-corrected chi connectivity index (χ0v) is 65.7. The average Bonchev–Trinajstić information content (AvgIpc) is 0.851. The molecular formula is C73H130N18O17. The van der Waals surface area contributed by atoms with Gasteiger partial charge in [0.2, 0.25) is 76.8 Å². The highest BCUT2D eigenvalue weighted by molar-refractivity contribution is 6.00. The number of amides is 13. The molecule has 0 aromatic heterocycles. The molecule has 13 amide bonds. The summed E-state index contributed by atoms with van der Waals surface area (Å²) in [5.41, 5.74) is 29.0. The van der Waals surface area contributed by atoms with Crippen molar-refractivity contribution in [1.82, 2.24) is 69.1 Å². The van der Waals surface area contributed by atoms with Gasteiger partial charge in [-0.2, -0.15) is 0 Å². The van der Waals surface area contributed by atoms with E-state index in [-0.39, 0.29) is 75.6 Å². The molecule has 1 aromatic rings. The molecule has 26 N–H and O–H groups in total. The van der Waals surface area contributed by atoms with Crippen LogP contribution in [0.25, 0.3) is 0 Å². The van der Waals surface area contributed by atoms with Gasteiger partial charge < -0.3 is 113 Å². The SMILES string of the molecule is CC(C)C[C@H](NC(=O)[C@H](CCCCN)NC(=O)[C@H](C)N)C(=O)N[C@@H](CCCCN)C(=O)N[C@H](C(=O)N[C@H](C(=O)N[C@@H](C)C(=O)N[C@@H](C)C(=O)N[C@H](C(=O)N[C@@H](Cc1ccc(O)cc1)C(=O)N[C@H](C(=O)N[C@@H](CC(C)C)C(=O)N[C@@H](CCCCN)C(=O)N[C@@H](CCCCN)C(=O)O)C(C)C)[C@@H](C)O)C(C)C)C(C)C. The Bertz CT molecular complexity index is 3050. The number of hydrogen-bond donors (Lipinski definition) is 21. The minimum atomic E-state index is -1.80. The first-order chi connectivity index (χ1) is 50.6. The van der Waals surface area contributed by atoms with E-state index in [4.69, 9.17) is 28.7 Å². The van der Waals surface area contributed by atoms with Gasteiger partial charge in [0, 0.05) is 6.42 Å². The molecule has 0 aliphatic rings. The van der Waals surface area contributed by atoms with Crippen LogP contribution < -0.4 is 97.8 Å². The summed E-state index contributed by atoms with van der Waals surface area (Å²) >= 11 is 0. The molecule has 614 valence electrons. The summed E-state index contributed by atoms with van der Waals surface area (Å²) in [4.78, 5) is 194. The zero-order chi connectivity index (χ0) is 82.2. The summed E-state index contributed by atoms with van der Waals surface area (Å²) in [5.74, 6) is -14.3. The van der Waals surface area contributed by atoms with Crippen molar-refractivity contribution in [3.8, 4) is 5.75 Å². The Labute approximate surface area is 635 Å². The first-order valence-corrected chi connectivity index (χ1v) is 37.8. The van der Waals surface area contributed by atoms with Gasteiger partial charge in [-0.15, -0.1) is 0 Å². The Balaban J connectivity index is 3.43. The van der Waals surface area contributed by atoms with Gasteiger partial charge in [-0.25, -0.2) is 4.79 Å². The molecule has 0 radical (unpaired) electrons. The Hall–Kier alpha value is -8.64. The van der Waals surface area contributed by atoms with Crippen molar-refractivity contribution in [2.45, 2.75) is 284 Å². The normalized spacial score (nSPS) is 15.6. The van der Waals surface area contributed by atoms with Crippen molar-refractivity contribution in [3.63, 3.8) is 0 Å². The van der Waals surface area contributed by atoms with Crippen LogP contribution >= 0.6 is 0 Å². The van der Waals surface area contributed by atoms with Gasteiger partial charge in [-0.05, 0) is 191 Å². The molecule has 0 bridgehead atoms. The molecule has 1 rings (SSSR count). The lowest BCUT2D eigenvalue weighted by molar-refractivity contribution is -0.142. The lowest BCUT2D eigenvalue weighted by Gasteiger charge is -2.30. The molecule has 0 aliphatic carbocycles. The summed E-state index contributed by atoms with van der Waals surface area (Å²) in [5, 5.41) is 64.9. The molecule has 15 atom stereocenters. The van der Waals surface area contributed by atoms with Crippen LogP contribution in [-0.2, 0) is 73.5 Å². The van der Waals surface area contributed by atoms with Gasteiger partial charge in [0.1, 0.15) is 84.3 Å². The third kappa shape index (κ3) is 36.5. The number of phenolic OH excluding ortho intramolecular Hbond substituents is 1. The molecule has 35 nitrogen and oxygen atoms in total. The highest BCUT2D eigenvalue weighted by atomic mass is 16.4. The fourth-order valence-electron chi connectivity index (χ4n) is 11.2. The molecule has 0 spiro atoms. The van der Waals surface area contributed by atoms with E-state index in [0.717, 1.165) is 0 Å². The maximum atomic E-state index is 14.5. The predicted molar refractivity (Wildman–Crippen MR) is 406 cm³/mol. The summed E-state index contributed by atoms with van der Waals surface area (Å²) in [7, 11) is 0. The van der Waals surface area contributed by atoms with Gasteiger partial charge >= 0.3 is 5.97 Å². The monoisotopic (exact) mass is 1530 g/mol. The third-order valence-corrected chi connectivity index (χ3v) is 17.7. The first kappa shape index (κ1) is 97.4. The second-order valence-electron chi connectivity index (χ2n) is 29.7. The van der Waals surface area contributed by atoms with Crippen LogP contribution in [0.15, 0.2) is 24.3 Å². The molecule has 1 aromatic carbocycles. The number of carboxylic acids is 1. The number of unbranched alkanes of at least 4 members (excludes halogenated alkanes) is 4. The minimum Gasteiger partial charge on any atom is -0.508 e. The molecule has 0 aliphatic heterocycles. The summed E-state index contributed by atoms with van der Waals surface area (Å²) < 4.78 is 0. The van der Waals surface area contributed by atoms with Gasteiger partial charge in [-0.1, -0.05) is 81.4 Å². The van der Waals surface area contributed by atoms with Crippen LogP contribution in [0.5, 0.6) is 5.75 Å². The van der Waals surface area contributed by atoms with Crippen LogP contribution in [0, 0.1) is 29.6 Å². The van der Waals surface area contributed by atoms with E-state index in [1.165, 1.54) is 52.0 Å². The Morgan fingerprint density at radius 2 is 0.593 bits per heavy atom. The average molecular weight is 1530 g/mol. The van der Waals surface area contributed by atoms with Crippen molar-refractivity contribution in [2.24, 2.45) is 58.3 Å². The van der Waals surface area contributed by atoms with Crippen molar-refractivity contribution in [1.29, 1.82) is 0 Å². The smallest absolute Gasteiger partial charge is 0.326 e. The number of aliphatic carboxylic acids is 1. The highest BCUT2D eigenvalue weighted by Crippen LogP contribution is 2.17. The number of carbonyl (C=O) groups is 14. The molecule has 35 heteroatoms. The molecular weight excluding hydrogens is 1400 g/mol. The number of aliphatic hydroxyl groups excluding tert-OH is 1. The number of rotatable bonds is 53. The van der Waals surface area contributed by atoms with E-state index in [9.17, 15) is 82.4 Å². The predicted octanol–water partition coefficient (Wildman–Crippen LogP) is -2.33. The van der Waals surface area contributed by atoms with Crippen molar-refractivity contribution < 1.29 is 82.4 Å². The second kappa shape index (κ2) is 50.9. The first-order valence-electron chi connectivity index (χ1n) is 37.8. The number of benzene rings is 1. The number of nitrogens with one attached hydrogen (secondary N) is 13. The van der Waals surface area contributed by atoms with E-state index >= 15 is 0 Å². The van der Waals surface area contributed by atoms with E-state index in [1.807, 2.05) is 13.8 Å². The highest BCUT2D eigenvalue weighted by Gasteiger charge is 2.39. The zero-order valence-electron chi connectivity index (χ0n) is 65.7. The number of carboxylic acid groups (broad SMARTS) is 1. The molecule has 0 unspecified atom stereocenters. The number of phenols is 1. The van der Waals surface area contributed by atoms with Crippen molar-refractivity contribution in [2.75, 3.05) is 26.2 Å². The molecule has 0 saturated carbocycles. The minimum absolute atomic E-state index is 0.0528. The van der Waals surface area contributed by atoms with E-state index < -0.39 is 191 Å². The molecule has 0 saturated heterocycles. The van der Waals surface area contributed by atoms with E-state index in [0.29, 0.717) is 70.0 Å². The Morgan fingerprint density at radius 3 is 0.954 bits per heavy atom. The lowest BCUT2D eigenvalue weighted by atomic mass is 9.98. The summed E-state index contributed by atoms with van der Waals surface area (Å²) in [6, 6.07) is -12.8. The van der Waals surface area contributed by atoms with Crippen molar-refractivity contribution in [3.05, 3.63) is 29.8 Å². The summed E-state index contributed by atoms with van der Waals surface area (Å²) in [6.45, 7) is 23.4. The number of hydrogen-bond acceptors (Lipinski definition) is 21. The van der Waals surface area contributed by atoms with Crippen molar-refractivity contribution >= 4 is 82.8 Å². The lowest BCUT2D eigenvalue weighted by Crippen LogP contribution is -2.62. The topological polar surface area (TPSA) is 586 Å². The number of nitrogens with two attached hydrogens (primary N) is 5. The maximum Gasteiger partial charge on any atom is 0.326 e. The fourth-order valence-corrected chi connectivity index (χ4v) is 11.2. The van der Waals surface area contributed by atoms with Gasteiger partial charge in [0.15, 0.2) is 0 Å². The van der Waals surface area contributed by atoms with Gasteiger partial charge in [-0.3, -0.25) is 62.3 Å². The number of aliphatic hydroxyl groups is 1. The Kier molecular flexibility index (Phi) is 45.9. The molecule has 0 fully saturated rings. The number of aromatic hydroxyl groups is 1. The third-order valence-electron chi connectivity index (χ3n) is 17.7. The second-order valence-corrected chi connectivity index (χ2v) is 29.7. The Morgan fingerprint density at radius 1 is 0.324 bits per heavy atom. The molecule has 108 heavy (non-hydrogen) atoms. The number of carbonyl (C=O) groups excluding carboxylic acids is 13. The quantitative estimate of drug-likeness (QED) is 0.0304. The van der Waals surface area contributed by atoms with Crippen LogP contribution in [0.2, 0.25) is 0 Å². The van der Waals surface area contributed by atoms with Crippen LogP contribution in [0.1, 0.15) is 192 Å². The largest absolute Gasteiger partial charge is 0.508 e. The van der Waals surface area contributed by atoms with Crippen LogP contribution in [-0.4, -0.2) is 215 Å². The van der Waals surface area contributed by atoms with Gasteiger partial charge in [0.25, 0.3) is 0 Å². The fraction of sp³-hybridized carbons (Fsp3) is 0.726. The summed E-state index contributed by atoms with van der Waals surface area (Å²) in [6.07, 6.45) is 2.42. The standard InChI is InChI=1S/C73H130N18O17/c1-38(2)35-53(85-64(98)49(23-15-19-31-74)81-60(94)43(11)78)66(100)83-51(25-17-21-33-76)65(99)88-58(42(9)10)71(105)90-56(40(5)6)69(103)80-44(12)61(95)79-45(13)62(96)91-59(46(14)92)72(106)87-55(37-47-27-29-48(93)30-28-47)68(102)89-57(41(7)8)70(104)86-54(36-39(3)4)67(101)82-50(24-16-20-32-75)63(97)84-52(73(107)108)26-18-22-34-77/h27-30,38-46,49-59,92-93H,15-26,31-37,74-78H2,1-14H3,(H,79,95)(H,80,103)(H,81,94)(H,82,101)(H,83,100)(H,84,97)(H,85,98)(H,86,104)(H,87,106)(H,88,99)(H,89,102)(H,90,105)(H,91,96)(H,107,108)/t43-,44-,45-,46+,49-,50-,51-,52-,53-,54-,55-,56-,57-,58-,59-/m0/s1. The molecule has 0 heterocycles. The van der Waals surface area contributed by atoms with E-state index in [1.54, 1.807) is 55.4 Å². The van der Waals surface area contributed by atoms with Gasteiger partial charge in [0.05, 0.1) is 12.1 Å².